The molecule has 7 heteroatoms. The third-order valence-corrected chi connectivity index (χ3v) is 4.31. The average Bonchev–Trinajstić information content (AvgIpc) is 3.06. The maximum Gasteiger partial charge on any atom is 0.254 e. The lowest BCUT2D eigenvalue weighted by atomic mass is 10.1. The molecule has 24 heavy (non-hydrogen) atoms. The number of amides is 2. The minimum Gasteiger partial charge on any atom is -0.454 e. The van der Waals surface area contributed by atoms with Gasteiger partial charge in [-0.25, -0.2) is 0 Å². The van der Waals surface area contributed by atoms with E-state index in [-0.39, 0.29) is 18.6 Å². The highest BCUT2D eigenvalue weighted by Crippen LogP contribution is 2.32. The monoisotopic (exact) mass is 333 g/mol. The maximum absolute atomic E-state index is 12.6. The molecule has 2 heterocycles. The van der Waals surface area contributed by atoms with Crippen LogP contribution in [0.1, 0.15) is 16.8 Å². The van der Waals surface area contributed by atoms with E-state index >= 15 is 0 Å². The van der Waals surface area contributed by atoms with Crippen molar-refractivity contribution >= 4 is 11.8 Å². The molecule has 0 radical (unpaired) electrons. The highest BCUT2D eigenvalue weighted by molar-refractivity contribution is 5.95. The number of rotatable bonds is 4. The summed E-state index contributed by atoms with van der Waals surface area (Å²) in [5.74, 6) is 1.40. The Morgan fingerprint density at radius 2 is 1.71 bits per heavy atom. The number of carbonyl (C=O) groups is 2. The second kappa shape index (κ2) is 7.09. The van der Waals surface area contributed by atoms with Gasteiger partial charge in [-0.15, -0.1) is 0 Å². The molecule has 0 bridgehead atoms. The van der Waals surface area contributed by atoms with Crippen molar-refractivity contribution in [3.05, 3.63) is 23.8 Å². The normalized spacial score (nSPS) is 16.6. The summed E-state index contributed by atoms with van der Waals surface area (Å²) in [5.41, 5.74) is 0.589. The standard InChI is InChI=1S/C17H23N3O4/c1-18(2)6-5-16(21)19-7-9-20(10-8-19)17(22)13-3-4-14-15(11-13)24-12-23-14/h3-4,11H,5-10,12H2,1-2H3. The Morgan fingerprint density at radius 3 is 2.42 bits per heavy atom. The van der Waals surface area contributed by atoms with Gasteiger partial charge in [0.25, 0.3) is 5.91 Å². The first-order valence-electron chi connectivity index (χ1n) is 8.16. The molecular weight excluding hydrogens is 310 g/mol. The first-order valence-corrected chi connectivity index (χ1v) is 8.16. The molecular formula is C17H23N3O4. The largest absolute Gasteiger partial charge is 0.454 e. The molecule has 2 aliphatic heterocycles. The zero-order valence-electron chi connectivity index (χ0n) is 14.2. The molecule has 7 nitrogen and oxygen atoms in total. The van der Waals surface area contributed by atoms with E-state index in [1.807, 2.05) is 23.9 Å². The van der Waals surface area contributed by atoms with E-state index in [2.05, 4.69) is 0 Å². The van der Waals surface area contributed by atoms with Crippen LogP contribution in [0.5, 0.6) is 11.5 Å². The summed E-state index contributed by atoms with van der Waals surface area (Å²) in [5, 5.41) is 0. The van der Waals surface area contributed by atoms with Crippen molar-refractivity contribution in [2.24, 2.45) is 0 Å². The molecule has 0 spiro atoms. The fraction of sp³-hybridized carbons (Fsp3) is 0.529. The van der Waals surface area contributed by atoms with E-state index < -0.39 is 0 Å². The number of ether oxygens (including phenoxy) is 2. The Balaban J connectivity index is 1.54. The second-order valence-corrected chi connectivity index (χ2v) is 6.29. The van der Waals surface area contributed by atoms with E-state index in [0.717, 1.165) is 6.54 Å². The van der Waals surface area contributed by atoms with Crippen molar-refractivity contribution < 1.29 is 19.1 Å². The van der Waals surface area contributed by atoms with Crippen LogP contribution in [0.4, 0.5) is 0 Å². The smallest absolute Gasteiger partial charge is 0.254 e. The minimum absolute atomic E-state index is 0.0336. The summed E-state index contributed by atoms with van der Waals surface area (Å²) in [7, 11) is 3.91. The molecule has 0 aromatic heterocycles. The molecule has 0 aliphatic carbocycles. The van der Waals surface area contributed by atoms with Gasteiger partial charge in [0, 0.05) is 44.7 Å². The van der Waals surface area contributed by atoms with Crippen LogP contribution in [0, 0.1) is 0 Å². The third-order valence-electron chi connectivity index (χ3n) is 4.31. The van der Waals surface area contributed by atoms with Crippen LogP contribution in [0.2, 0.25) is 0 Å². The summed E-state index contributed by atoms with van der Waals surface area (Å²) in [6, 6.07) is 5.24. The average molecular weight is 333 g/mol. The molecule has 0 atom stereocenters. The van der Waals surface area contributed by atoms with Crippen LogP contribution in [0.3, 0.4) is 0 Å². The molecule has 1 saturated heterocycles. The van der Waals surface area contributed by atoms with E-state index in [1.165, 1.54) is 0 Å². The van der Waals surface area contributed by atoms with Gasteiger partial charge < -0.3 is 24.2 Å². The third kappa shape index (κ3) is 3.62. The number of fused-ring (bicyclic) bond motifs is 1. The van der Waals surface area contributed by atoms with Gasteiger partial charge in [-0.3, -0.25) is 9.59 Å². The number of nitrogens with zero attached hydrogens (tertiary/aromatic N) is 3. The van der Waals surface area contributed by atoms with Crippen LogP contribution in [-0.2, 0) is 4.79 Å². The van der Waals surface area contributed by atoms with Crippen LogP contribution in [-0.4, -0.2) is 80.1 Å². The van der Waals surface area contributed by atoms with Gasteiger partial charge in [0.2, 0.25) is 12.7 Å². The van der Waals surface area contributed by atoms with Crippen molar-refractivity contribution in [1.29, 1.82) is 0 Å². The van der Waals surface area contributed by atoms with E-state index in [9.17, 15) is 9.59 Å². The number of carbonyl (C=O) groups excluding carboxylic acids is 2. The summed E-state index contributed by atoms with van der Waals surface area (Å²) < 4.78 is 10.6. The van der Waals surface area contributed by atoms with Crippen molar-refractivity contribution in [1.82, 2.24) is 14.7 Å². The predicted octanol–water partition coefficient (Wildman–Crippen LogP) is 0.651. The zero-order valence-corrected chi connectivity index (χ0v) is 14.2. The SMILES string of the molecule is CN(C)CCC(=O)N1CCN(C(=O)c2ccc3c(c2)OCO3)CC1. The molecule has 3 rings (SSSR count). The minimum atomic E-state index is -0.0336. The maximum atomic E-state index is 12.6. The van der Waals surface area contributed by atoms with Gasteiger partial charge in [0.05, 0.1) is 0 Å². The number of hydrogen-bond donors (Lipinski definition) is 0. The summed E-state index contributed by atoms with van der Waals surface area (Å²) in [6.07, 6.45) is 0.517. The molecule has 0 N–H and O–H groups in total. The van der Waals surface area contributed by atoms with Crippen LogP contribution >= 0.6 is 0 Å². The first kappa shape index (κ1) is 16.6. The molecule has 2 amide bonds. The Labute approximate surface area is 141 Å². The molecule has 1 fully saturated rings. The second-order valence-electron chi connectivity index (χ2n) is 6.29. The van der Waals surface area contributed by atoms with Gasteiger partial charge in [-0.1, -0.05) is 0 Å². The lowest BCUT2D eigenvalue weighted by Crippen LogP contribution is -2.50. The topological polar surface area (TPSA) is 62.3 Å². The highest BCUT2D eigenvalue weighted by atomic mass is 16.7. The molecule has 130 valence electrons. The molecule has 0 unspecified atom stereocenters. The van der Waals surface area contributed by atoms with Crippen LogP contribution < -0.4 is 9.47 Å². The lowest BCUT2D eigenvalue weighted by molar-refractivity contribution is -0.132. The van der Waals surface area contributed by atoms with Gasteiger partial charge in [0.15, 0.2) is 11.5 Å². The van der Waals surface area contributed by atoms with Gasteiger partial charge in [-0.05, 0) is 32.3 Å². The summed E-state index contributed by atoms with van der Waals surface area (Å²) in [4.78, 5) is 30.4. The quantitative estimate of drug-likeness (QED) is 0.810. The lowest BCUT2D eigenvalue weighted by Gasteiger charge is -2.35. The van der Waals surface area contributed by atoms with Crippen LogP contribution in [0.15, 0.2) is 18.2 Å². The summed E-state index contributed by atoms with van der Waals surface area (Å²) >= 11 is 0. The molecule has 2 aliphatic rings. The fourth-order valence-electron chi connectivity index (χ4n) is 2.85. The molecule has 0 saturated carbocycles. The van der Waals surface area contributed by atoms with Crippen molar-refractivity contribution in [3.8, 4) is 11.5 Å². The van der Waals surface area contributed by atoms with E-state index in [0.29, 0.717) is 49.7 Å². The molecule has 1 aromatic rings. The van der Waals surface area contributed by atoms with Gasteiger partial charge in [-0.2, -0.15) is 0 Å². The van der Waals surface area contributed by atoms with Gasteiger partial charge >= 0.3 is 0 Å². The molecule has 1 aromatic carbocycles. The first-order chi connectivity index (χ1) is 11.5. The van der Waals surface area contributed by atoms with E-state index in [4.69, 9.17) is 9.47 Å². The van der Waals surface area contributed by atoms with Crippen LogP contribution in [0.25, 0.3) is 0 Å². The predicted molar refractivity (Wildman–Crippen MR) is 88.2 cm³/mol. The number of piperazine rings is 1. The zero-order chi connectivity index (χ0) is 17.1. The fourth-order valence-corrected chi connectivity index (χ4v) is 2.85. The number of benzene rings is 1. The Bertz CT molecular complexity index is 624. The van der Waals surface area contributed by atoms with Crippen molar-refractivity contribution in [3.63, 3.8) is 0 Å². The van der Waals surface area contributed by atoms with Crippen molar-refractivity contribution in [2.45, 2.75) is 6.42 Å². The van der Waals surface area contributed by atoms with Crippen molar-refractivity contribution in [2.75, 3.05) is 53.6 Å². The Hall–Kier alpha value is -2.28. The highest BCUT2D eigenvalue weighted by Gasteiger charge is 2.26. The van der Waals surface area contributed by atoms with Gasteiger partial charge in [0.1, 0.15) is 0 Å². The van der Waals surface area contributed by atoms with E-state index in [1.54, 1.807) is 23.1 Å². The number of hydrogen-bond acceptors (Lipinski definition) is 5. The Kier molecular flexibility index (Phi) is 4.89. The Morgan fingerprint density at radius 1 is 1.04 bits per heavy atom. The summed E-state index contributed by atoms with van der Waals surface area (Å²) in [6.45, 7) is 3.23.